The molecule has 2 aromatic rings. The van der Waals surface area contributed by atoms with Gasteiger partial charge in [-0.25, -0.2) is 4.98 Å². The molecule has 1 aromatic carbocycles. The molecule has 114 valence electrons. The maximum Gasteiger partial charge on any atom is 0.271 e. The number of non-ortho nitro benzene ring substituents is 1. The van der Waals surface area contributed by atoms with E-state index in [2.05, 4.69) is 10.3 Å². The number of carbonyl (C=O) groups excluding carboxylic acids is 1. The van der Waals surface area contributed by atoms with Crippen LogP contribution in [0.3, 0.4) is 0 Å². The topological polar surface area (TPSA) is 85.1 Å². The third-order valence-corrected chi connectivity index (χ3v) is 4.09. The molecule has 0 fully saturated rings. The molecule has 0 saturated heterocycles. The highest BCUT2D eigenvalue weighted by Crippen LogP contribution is 2.28. The maximum absolute atomic E-state index is 12.1. The number of thioether (sulfide) groups is 1. The molecule has 0 aliphatic carbocycles. The highest BCUT2D eigenvalue weighted by Gasteiger charge is 2.17. The van der Waals surface area contributed by atoms with Gasteiger partial charge in [0.1, 0.15) is 0 Å². The number of rotatable bonds is 5. The molecule has 0 aliphatic rings. The van der Waals surface area contributed by atoms with E-state index in [0.29, 0.717) is 5.69 Å². The Hall–Kier alpha value is -2.12. The van der Waals surface area contributed by atoms with Crippen LogP contribution in [0.1, 0.15) is 6.92 Å². The van der Waals surface area contributed by atoms with Gasteiger partial charge in [0, 0.05) is 18.3 Å². The molecule has 6 nitrogen and oxygen atoms in total. The molecule has 22 heavy (non-hydrogen) atoms. The van der Waals surface area contributed by atoms with Crippen LogP contribution in [0.25, 0.3) is 0 Å². The predicted molar refractivity (Wildman–Crippen MR) is 86.3 cm³/mol. The fourth-order valence-electron chi connectivity index (χ4n) is 1.60. The molecule has 0 bridgehead atoms. The molecular weight excluding hydrogens is 326 g/mol. The second kappa shape index (κ2) is 7.24. The fraction of sp³-hybridized carbons (Fsp3) is 0.143. The van der Waals surface area contributed by atoms with Crippen LogP contribution >= 0.6 is 23.4 Å². The van der Waals surface area contributed by atoms with Crippen molar-refractivity contribution in [3.8, 4) is 0 Å². The second-order valence-corrected chi connectivity index (χ2v) is 6.11. The van der Waals surface area contributed by atoms with Crippen molar-refractivity contribution >= 4 is 40.6 Å². The van der Waals surface area contributed by atoms with Gasteiger partial charge >= 0.3 is 0 Å². The number of pyridine rings is 1. The number of nitrogens with zero attached hydrogens (tertiary/aromatic N) is 2. The van der Waals surface area contributed by atoms with E-state index in [1.54, 1.807) is 19.2 Å². The van der Waals surface area contributed by atoms with Crippen LogP contribution in [0.4, 0.5) is 11.4 Å². The summed E-state index contributed by atoms with van der Waals surface area (Å²) in [5, 5.41) is 13.8. The summed E-state index contributed by atoms with van der Waals surface area (Å²) in [5.41, 5.74) is 0.213. The first-order valence-electron chi connectivity index (χ1n) is 6.30. The number of anilines is 1. The number of nitro benzene ring substituents is 1. The Kier molecular flexibility index (Phi) is 5.35. The molecule has 1 amide bonds. The lowest BCUT2D eigenvalue weighted by Crippen LogP contribution is -2.22. The van der Waals surface area contributed by atoms with Crippen molar-refractivity contribution in [2.24, 2.45) is 0 Å². The summed E-state index contributed by atoms with van der Waals surface area (Å²) in [4.78, 5) is 26.4. The Labute approximate surface area is 136 Å². The first kappa shape index (κ1) is 16.3. The molecule has 0 aliphatic heterocycles. The van der Waals surface area contributed by atoms with Gasteiger partial charge in [0.05, 0.1) is 25.9 Å². The van der Waals surface area contributed by atoms with E-state index < -0.39 is 4.92 Å². The normalized spacial score (nSPS) is 11.7. The zero-order valence-corrected chi connectivity index (χ0v) is 13.1. The van der Waals surface area contributed by atoms with Crippen molar-refractivity contribution in [2.45, 2.75) is 17.2 Å². The molecule has 1 heterocycles. The van der Waals surface area contributed by atoms with E-state index in [0.717, 1.165) is 5.03 Å². The first-order valence-corrected chi connectivity index (χ1v) is 7.55. The van der Waals surface area contributed by atoms with Gasteiger partial charge in [-0.05, 0) is 25.1 Å². The van der Waals surface area contributed by atoms with Gasteiger partial charge in [0.15, 0.2) is 0 Å². The first-order chi connectivity index (χ1) is 10.5. The molecule has 1 aromatic heterocycles. The van der Waals surface area contributed by atoms with Gasteiger partial charge in [-0.15, -0.1) is 0 Å². The molecule has 1 atom stereocenters. The molecule has 0 spiro atoms. The highest BCUT2D eigenvalue weighted by atomic mass is 35.5. The van der Waals surface area contributed by atoms with Crippen molar-refractivity contribution in [3.63, 3.8) is 0 Å². The summed E-state index contributed by atoms with van der Waals surface area (Å²) in [5.74, 6) is -0.258. The van der Waals surface area contributed by atoms with Gasteiger partial charge in [0.25, 0.3) is 5.69 Å². The standard InChI is InChI=1S/C14H12ClN3O3S/c1-9(22-13-4-2-3-7-16-13)14(19)17-12-6-5-10(18(20)21)8-11(12)15/h2-9H,1H3,(H,17,19). The van der Waals surface area contributed by atoms with E-state index in [1.807, 2.05) is 12.1 Å². The van der Waals surface area contributed by atoms with Crippen LogP contribution in [0.15, 0.2) is 47.6 Å². The molecule has 2 rings (SSSR count). The summed E-state index contributed by atoms with van der Waals surface area (Å²) >= 11 is 7.25. The maximum atomic E-state index is 12.1. The number of halogens is 1. The molecule has 0 radical (unpaired) electrons. The Balaban J connectivity index is 2.04. The van der Waals surface area contributed by atoms with Crippen molar-refractivity contribution in [1.82, 2.24) is 4.98 Å². The van der Waals surface area contributed by atoms with Crippen molar-refractivity contribution in [2.75, 3.05) is 5.32 Å². The third-order valence-electron chi connectivity index (χ3n) is 2.73. The zero-order valence-electron chi connectivity index (χ0n) is 11.5. The van der Waals surface area contributed by atoms with Crippen LogP contribution in [-0.4, -0.2) is 21.1 Å². The average molecular weight is 338 g/mol. The Morgan fingerprint density at radius 1 is 1.41 bits per heavy atom. The highest BCUT2D eigenvalue weighted by molar-refractivity contribution is 8.00. The van der Waals surface area contributed by atoms with E-state index in [4.69, 9.17) is 11.6 Å². The number of carbonyl (C=O) groups is 1. The SMILES string of the molecule is CC(Sc1ccccn1)C(=O)Nc1ccc([N+](=O)[O-])cc1Cl. The molecule has 1 unspecified atom stereocenters. The van der Waals surface area contributed by atoms with Gasteiger partial charge in [-0.2, -0.15) is 0 Å². The largest absolute Gasteiger partial charge is 0.324 e. The molecular formula is C14H12ClN3O3S. The summed E-state index contributed by atoms with van der Waals surface area (Å²) in [6, 6.07) is 9.36. The summed E-state index contributed by atoms with van der Waals surface area (Å²) in [6.07, 6.45) is 1.65. The average Bonchev–Trinajstić information content (AvgIpc) is 2.50. The number of nitrogens with one attached hydrogen (secondary N) is 1. The number of aromatic nitrogens is 1. The van der Waals surface area contributed by atoms with Gasteiger partial charge in [-0.1, -0.05) is 29.4 Å². The van der Waals surface area contributed by atoms with Crippen LogP contribution in [-0.2, 0) is 4.79 Å². The Bertz CT molecular complexity index is 697. The second-order valence-electron chi connectivity index (χ2n) is 4.34. The molecule has 0 saturated carbocycles. The summed E-state index contributed by atoms with van der Waals surface area (Å²) in [7, 11) is 0. The lowest BCUT2D eigenvalue weighted by molar-refractivity contribution is -0.384. The lowest BCUT2D eigenvalue weighted by atomic mass is 10.2. The van der Waals surface area contributed by atoms with Crippen molar-refractivity contribution in [3.05, 3.63) is 57.7 Å². The number of nitro groups is 1. The Morgan fingerprint density at radius 3 is 2.77 bits per heavy atom. The predicted octanol–water partition coefficient (Wildman–Crippen LogP) is 3.76. The van der Waals surface area contributed by atoms with Crippen molar-refractivity contribution in [1.29, 1.82) is 0 Å². The number of benzene rings is 1. The van der Waals surface area contributed by atoms with E-state index in [1.165, 1.54) is 30.0 Å². The van der Waals surface area contributed by atoms with Crippen LogP contribution in [0.5, 0.6) is 0 Å². The molecule has 1 N–H and O–H groups in total. The van der Waals surface area contributed by atoms with Gasteiger partial charge < -0.3 is 5.32 Å². The van der Waals surface area contributed by atoms with E-state index in [-0.39, 0.29) is 21.9 Å². The van der Waals surface area contributed by atoms with Gasteiger partial charge in [0.2, 0.25) is 5.91 Å². The molecule has 8 heteroatoms. The number of hydrogen-bond acceptors (Lipinski definition) is 5. The quantitative estimate of drug-likeness (QED) is 0.510. The van der Waals surface area contributed by atoms with Crippen LogP contribution in [0.2, 0.25) is 5.02 Å². The van der Waals surface area contributed by atoms with E-state index in [9.17, 15) is 14.9 Å². The fourth-order valence-corrected chi connectivity index (χ4v) is 2.63. The number of hydrogen-bond donors (Lipinski definition) is 1. The summed E-state index contributed by atoms with van der Waals surface area (Å²) in [6.45, 7) is 1.74. The summed E-state index contributed by atoms with van der Waals surface area (Å²) < 4.78 is 0. The minimum atomic E-state index is -0.545. The zero-order chi connectivity index (χ0) is 16.1. The van der Waals surface area contributed by atoms with E-state index >= 15 is 0 Å². The lowest BCUT2D eigenvalue weighted by Gasteiger charge is -2.12. The van der Waals surface area contributed by atoms with Crippen LogP contribution in [0, 0.1) is 10.1 Å². The third kappa shape index (κ3) is 4.19. The Morgan fingerprint density at radius 2 is 2.18 bits per heavy atom. The van der Waals surface area contributed by atoms with Gasteiger partial charge in [-0.3, -0.25) is 14.9 Å². The minimum absolute atomic E-state index is 0.123. The van der Waals surface area contributed by atoms with Crippen LogP contribution < -0.4 is 5.32 Å². The minimum Gasteiger partial charge on any atom is -0.324 e. The smallest absolute Gasteiger partial charge is 0.271 e. The monoisotopic (exact) mass is 337 g/mol. The van der Waals surface area contributed by atoms with Crippen molar-refractivity contribution < 1.29 is 9.72 Å². The number of amides is 1.